The van der Waals surface area contributed by atoms with E-state index in [0.29, 0.717) is 6.61 Å². The van der Waals surface area contributed by atoms with Crippen LogP contribution in [0.25, 0.3) is 0 Å². The smallest absolute Gasteiger partial charge is 0.314 e. The van der Waals surface area contributed by atoms with Crippen molar-refractivity contribution in [2.24, 2.45) is 11.3 Å². The van der Waals surface area contributed by atoms with Crippen LogP contribution in [0, 0.1) is 11.3 Å². The highest BCUT2D eigenvalue weighted by Gasteiger charge is 2.71. The number of esters is 1. The molecule has 0 aromatic carbocycles. The van der Waals surface area contributed by atoms with E-state index in [1.807, 2.05) is 6.92 Å². The lowest BCUT2D eigenvalue weighted by Gasteiger charge is -2.33. The molecule has 3 heterocycles. The molecule has 0 amide bonds. The number of ether oxygens (including phenoxy) is 2. The first kappa shape index (κ1) is 8.68. The van der Waals surface area contributed by atoms with Crippen molar-refractivity contribution in [3.05, 3.63) is 0 Å². The van der Waals surface area contributed by atoms with Crippen LogP contribution in [-0.2, 0) is 14.3 Å². The van der Waals surface area contributed by atoms with Crippen LogP contribution in [-0.4, -0.2) is 36.0 Å². The molecular formula is C10H14O4. The standard InChI is InChI=1S/C10H14O4/c1-9-6(4-13-8(9)12)10(5-11)3-2-7(9)14-10/h6-7,11H,2-5H2,1H3/t6-,7?,9+,10?/m1/s1. The van der Waals surface area contributed by atoms with E-state index < -0.39 is 11.0 Å². The summed E-state index contributed by atoms with van der Waals surface area (Å²) in [6, 6.07) is 0. The normalized spacial score (nSPS) is 54.9. The number of rotatable bonds is 1. The molecule has 2 bridgehead atoms. The fraction of sp³-hybridized carbons (Fsp3) is 0.900. The van der Waals surface area contributed by atoms with E-state index in [1.165, 1.54) is 0 Å². The molecule has 4 atom stereocenters. The molecule has 78 valence electrons. The van der Waals surface area contributed by atoms with Crippen molar-refractivity contribution < 1.29 is 19.4 Å². The largest absolute Gasteiger partial charge is 0.465 e. The Morgan fingerprint density at radius 1 is 1.64 bits per heavy atom. The van der Waals surface area contributed by atoms with Crippen LogP contribution >= 0.6 is 0 Å². The van der Waals surface area contributed by atoms with E-state index in [0.717, 1.165) is 12.8 Å². The molecule has 0 saturated carbocycles. The highest BCUT2D eigenvalue weighted by atomic mass is 16.6. The molecule has 3 fully saturated rings. The zero-order valence-corrected chi connectivity index (χ0v) is 8.16. The molecule has 14 heavy (non-hydrogen) atoms. The molecule has 0 aliphatic carbocycles. The van der Waals surface area contributed by atoms with Gasteiger partial charge in [-0.3, -0.25) is 4.79 Å². The monoisotopic (exact) mass is 198 g/mol. The maximum Gasteiger partial charge on any atom is 0.314 e. The highest BCUT2D eigenvalue weighted by Crippen LogP contribution is 2.60. The van der Waals surface area contributed by atoms with Gasteiger partial charge in [-0.15, -0.1) is 0 Å². The first-order valence-corrected chi connectivity index (χ1v) is 5.09. The summed E-state index contributed by atoms with van der Waals surface area (Å²) in [5.41, 5.74) is -0.993. The number of carbonyl (C=O) groups is 1. The van der Waals surface area contributed by atoms with Gasteiger partial charge in [0.15, 0.2) is 0 Å². The zero-order valence-electron chi connectivity index (χ0n) is 8.16. The minimum atomic E-state index is -0.499. The molecule has 3 aliphatic heterocycles. The van der Waals surface area contributed by atoms with Crippen LogP contribution in [0.3, 0.4) is 0 Å². The minimum absolute atomic E-state index is 0.000394. The Hall–Kier alpha value is -0.610. The number of cyclic esters (lactones) is 1. The van der Waals surface area contributed by atoms with E-state index >= 15 is 0 Å². The van der Waals surface area contributed by atoms with Crippen molar-refractivity contribution in [1.29, 1.82) is 0 Å². The topological polar surface area (TPSA) is 55.8 Å². The summed E-state index contributed by atoms with van der Waals surface area (Å²) in [6.07, 6.45) is 1.67. The fourth-order valence-electron chi connectivity index (χ4n) is 3.37. The van der Waals surface area contributed by atoms with E-state index in [2.05, 4.69) is 0 Å². The summed E-state index contributed by atoms with van der Waals surface area (Å²) in [4.78, 5) is 11.6. The number of aliphatic hydroxyl groups excluding tert-OH is 1. The summed E-state index contributed by atoms with van der Waals surface area (Å²) < 4.78 is 10.9. The average Bonchev–Trinajstić information content (AvgIpc) is 2.78. The number of hydrogen-bond donors (Lipinski definition) is 1. The molecular weight excluding hydrogens is 184 g/mol. The number of carbonyl (C=O) groups excluding carboxylic acids is 1. The molecule has 3 saturated heterocycles. The Labute approximate surface area is 82.2 Å². The lowest BCUT2D eigenvalue weighted by molar-refractivity contribution is -0.150. The SMILES string of the molecule is C[C@]12C(=O)OC[C@H]1C1(CO)CCC2O1. The third kappa shape index (κ3) is 0.684. The van der Waals surface area contributed by atoms with Crippen LogP contribution in [0.5, 0.6) is 0 Å². The average molecular weight is 198 g/mol. The second-order valence-corrected chi connectivity index (χ2v) is 4.80. The van der Waals surface area contributed by atoms with Crippen LogP contribution in [0.2, 0.25) is 0 Å². The first-order chi connectivity index (χ1) is 6.63. The van der Waals surface area contributed by atoms with Crippen LogP contribution in [0.1, 0.15) is 19.8 Å². The van der Waals surface area contributed by atoms with Gasteiger partial charge in [-0.2, -0.15) is 0 Å². The molecule has 3 rings (SSSR count). The maximum absolute atomic E-state index is 11.6. The van der Waals surface area contributed by atoms with Gasteiger partial charge in [-0.1, -0.05) is 0 Å². The van der Waals surface area contributed by atoms with Crippen molar-refractivity contribution in [2.45, 2.75) is 31.5 Å². The number of aliphatic hydroxyl groups is 1. The van der Waals surface area contributed by atoms with Gasteiger partial charge >= 0.3 is 5.97 Å². The van der Waals surface area contributed by atoms with E-state index in [4.69, 9.17) is 9.47 Å². The maximum atomic E-state index is 11.6. The fourth-order valence-corrected chi connectivity index (χ4v) is 3.37. The lowest BCUT2D eigenvalue weighted by atomic mass is 9.64. The third-order valence-corrected chi connectivity index (χ3v) is 4.32. The van der Waals surface area contributed by atoms with Gasteiger partial charge in [0.2, 0.25) is 0 Å². The van der Waals surface area contributed by atoms with Crippen LogP contribution in [0.4, 0.5) is 0 Å². The van der Waals surface area contributed by atoms with Crippen molar-refractivity contribution in [3.63, 3.8) is 0 Å². The molecule has 0 aromatic rings. The molecule has 1 N–H and O–H groups in total. The third-order valence-electron chi connectivity index (χ3n) is 4.32. The van der Waals surface area contributed by atoms with Gasteiger partial charge in [0, 0.05) is 5.92 Å². The Morgan fingerprint density at radius 2 is 2.43 bits per heavy atom. The lowest BCUT2D eigenvalue weighted by Crippen LogP contribution is -2.46. The van der Waals surface area contributed by atoms with Crippen molar-refractivity contribution >= 4 is 5.97 Å². The second kappa shape index (κ2) is 2.31. The molecule has 4 heteroatoms. The van der Waals surface area contributed by atoms with Gasteiger partial charge in [0.05, 0.1) is 24.9 Å². The van der Waals surface area contributed by atoms with Crippen LogP contribution < -0.4 is 0 Å². The molecule has 3 aliphatic rings. The van der Waals surface area contributed by atoms with Gasteiger partial charge < -0.3 is 14.6 Å². The Morgan fingerprint density at radius 3 is 3.14 bits per heavy atom. The summed E-state index contributed by atoms with van der Waals surface area (Å²) in [6.45, 7) is 2.32. The van der Waals surface area contributed by atoms with Gasteiger partial charge in [0.25, 0.3) is 0 Å². The Balaban J connectivity index is 2.07. The molecule has 0 aromatic heterocycles. The summed E-state index contributed by atoms with van der Waals surface area (Å²) >= 11 is 0. The molecule has 0 radical (unpaired) electrons. The van der Waals surface area contributed by atoms with Crippen LogP contribution in [0.15, 0.2) is 0 Å². The quantitative estimate of drug-likeness (QED) is 0.607. The number of hydrogen-bond acceptors (Lipinski definition) is 4. The Bertz CT molecular complexity index is 302. The molecule has 4 nitrogen and oxygen atoms in total. The second-order valence-electron chi connectivity index (χ2n) is 4.80. The van der Waals surface area contributed by atoms with Gasteiger partial charge in [0.1, 0.15) is 5.41 Å². The van der Waals surface area contributed by atoms with Gasteiger partial charge in [-0.25, -0.2) is 0 Å². The first-order valence-electron chi connectivity index (χ1n) is 5.09. The van der Waals surface area contributed by atoms with E-state index in [-0.39, 0.29) is 24.6 Å². The van der Waals surface area contributed by atoms with Crippen molar-refractivity contribution in [1.82, 2.24) is 0 Å². The minimum Gasteiger partial charge on any atom is -0.465 e. The zero-order chi connectivity index (χ0) is 9.97. The summed E-state index contributed by atoms with van der Waals surface area (Å²) in [7, 11) is 0. The number of fused-ring (bicyclic) bond motifs is 5. The van der Waals surface area contributed by atoms with Crippen molar-refractivity contribution in [2.75, 3.05) is 13.2 Å². The summed E-state index contributed by atoms with van der Waals surface area (Å²) in [5.74, 6) is -0.103. The predicted octanol–water partition coefficient (Wildman–Crippen LogP) is 0.0894. The van der Waals surface area contributed by atoms with Crippen molar-refractivity contribution in [3.8, 4) is 0 Å². The molecule has 0 spiro atoms. The van der Waals surface area contributed by atoms with Gasteiger partial charge in [-0.05, 0) is 19.8 Å². The summed E-state index contributed by atoms with van der Waals surface area (Å²) in [5, 5.41) is 9.40. The van der Waals surface area contributed by atoms with E-state index in [9.17, 15) is 9.90 Å². The Kier molecular flexibility index (Phi) is 1.43. The predicted molar refractivity (Wildman–Crippen MR) is 46.5 cm³/mol. The highest BCUT2D eigenvalue weighted by molar-refractivity contribution is 5.80. The van der Waals surface area contributed by atoms with E-state index in [1.54, 1.807) is 0 Å². The molecule has 2 unspecified atom stereocenters.